The highest BCUT2D eigenvalue weighted by atomic mass is 35.5. The number of hydrogen-bond acceptors (Lipinski definition) is 3. The standard InChI is InChI=1S/C12H15ClFNO2/c13-10-6-8(1-2-11(10)14)5-9(15)7-12-16-3-4-17-12/h1-2,6,9,12H,3-5,7,15H2. The quantitative estimate of drug-likeness (QED) is 0.901. The molecule has 1 unspecified atom stereocenters. The summed E-state index contributed by atoms with van der Waals surface area (Å²) in [6, 6.07) is 4.57. The van der Waals surface area contributed by atoms with E-state index in [1.54, 1.807) is 12.1 Å². The van der Waals surface area contributed by atoms with E-state index in [2.05, 4.69) is 0 Å². The Labute approximate surface area is 105 Å². The summed E-state index contributed by atoms with van der Waals surface area (Å²) in [5.41, 5.74) is 6.90. The molecule has 1 aromatic rings. The zero-order chi connectivity index (χ0) is 12.3. The van der Waals surface area contributed by atoms with Crippen molar-refractivity contribution in [2.45, 2.75) is 25.2 Å². The van der Waals surface area contributed by atoms with Crippen molar-refractivity contribution >= 4 is 11.6 Å². The van der Waals surface area contributed by atoms with Gasteiger partial charge < -0.3 is 15.2 Å². The van der Waals surface area contributed by atoms with Crippen molar-refractivity contribution < 1.29 is 13.9 Å². The van der Waals surface area contributed by atoms with E-state index in [0.717, 1.165) is 5.56 Å². The molecule has 1 fully saturated rings. The summed E-state index contributed by atoms with van der Waals surface area (Å²) in [6.45, 7) is 1.25. The van der Waals surface area contributed by atoms with Crippen LogP contribution < -0.4 is 5.73 Å². The van der Waals surface area contributed by atoms with Crippen LogP contribution in [0.4, 0.5) is 4.39 Å². The van der Waals surface area contributed by atoms with Crippen molar-refractivity contribution in [3.05, 3.63) is 34.6 Å². The van der Waals surface area contributed by atoms with Gasteiger partial charge in [0.1, 0.15) is 5.82 Å². The molecule has 5 heteroatoms. The maximum Gasteiger partial charge on any atom is 0.159 e. The van der Waals surface area contributed by atoms with Crippen LogP contribution in [0.2, 0.25) is 5.02 Å². The van der Waals surface area contributed by atoms with Crippen LogP contribution in [0.25, 0.3) is 0 Å². The average molecular weight is 260 g/mol. The van der Waals surface area contributed by atoms with E-state index >= 15 is 0 Å². The van der Waals surface area contributed by atoms with E-state index in [9.17, 15) is 4.39 Å². The Morgan fingerprint density at radius 3 is 2.76 bits per heavy atom. The third-order valence-electron chi connectivity index (χ3n) is 2.67. The van der Waals surface area contributed by atoms with Crippen molar-refractivity contribution in [3.63, 3.8) is 0 Å². The highest BCUT2D eigenvalue weighted by Crippen LogP contribution is 2.18. The van der Waals surface area contributed by atoms with E-state index in [4.69, 9.17) is 26.8 Å². The maximum atomic E-state index is 13.0. The predicted molar refractivity (Wildman–Crippen MR) is 63.4 cm³/mol. The lowest BCUT2D eigenvalue weighted by Gasteiger charge is -2.15. The second kappa shape index (κ2) is 5.78. The van der Waals surface area contributed by atoms with Crippen LogP contribution in [0.15, 0.2) is 18.2 Å². The monoisotopic (exact) mass is 259 g/mol. The Morgan fingerprint density at radius 1 is 1.41 bits per heavy atom. The van der Waals surface area contributed by atoms with Gasteiger partial charge in [-0.15, -0.1) is 0 Å². The second-order valence-corrected chi connectivity index (χ2v) is 4.53. The molecule has 17 heavy (non-hydrogen) atoms. The molecule has 0 amide bonds. The van der Waals surface area contributed by atoms with E-state index in [0.29, 0.717) is 26.1 Å². The molecule has 94 valence electrons. The molecule has 0 saturated carbocycles. The van der Waals surface area contributed by atoms with Gasteiger partial charge in [0.15, 0.2) is 6.29 Å². The summed E-state index contributed by atoms with van der Waals surface area (Å²) in [6.07, 6.45) is 1.05. The fourth-order valence-electron chi connectivity index (χ4n) is 1.84. The third kappa shape index (κ3) is 3.64. The van der Waals surface area contributed by atoms with Crippen molar-refractivity contribution in [1.82, 2.24) is 0 Å². The highest BCUT2D eigenvalue weighted by molar-refractivity contribution is 6.30. The number of rotatable bonds is 4. The van der Waals surface area contributed by atoms with Crippen molar-refractivity contribution in [3.8, 4) is 0 Å². The first kappa shape index (κ1) is 12.8. The van der Waals surface area contributed by atoms with Crippen LogP contribution in [-0.4, -0.2) is 25.5 Å². The van der Waals surface area contributed by atoms with Gasteiger partial charge in [0.25, 0.3) is 0 Å². The lowest BCUT2D eigenvalue weighted by molar-refractivity contribution is -0.0504. The predicted octanol–water partition coefficient (Wildman–Crippen LogP) is 2.11. The first-order valence-corrected chi connectivity index (χ1v) is 5.95. The van der Waals surface area contributed by atoms with Gasteiger partial charge in [-0.25, -0.2) is 4.39 Å². The number of halogens is 2. The van der Waals surface area contributed by atoms with Gasteiger partial charge in [-0.2, -0.15) is 0 Å². The smallest absolute Gasteiger partial charge is 0.159 e. The molecule has 1 aliphatic rings. The Bertz CT molecular complexity index is 383. The minimum absolute atomic E-state index is 0.0837. The SMILES string of the molecule is NC(Cc1ccc(F)c(Cl)c1)CC1OCCO1. The molecule has 1 saturated heterocycles. The van der Waals surface area contributed by atoms with Crippen molar-refractivity contribution in [2.24, 2.45) is 5.73 Å². The minimum Gasteiger partial charge on any atom is -0.350 e. The van der Waals surface area contributed by atoms with Gasteiger partial charge in [-0.3, -0.25) is 0 Å². The summed E-state index contributed by atoms with van der Waals surface area (Å²) in [4.78, 5) is 0. The highest BCUT2D eigenvalue weighted by Gasteiger charge is 2.19. The molecular weight excluding hydrogens is 245 g/mol. The molecule has 1 aromatic carbocycles. The number of benzene rings is 1. The molecule has 2 N–H and O–H groups in total. The lowest BCUT2D eigenvalue weighted by Crippen LogP contribution is -2.28. The first-order chi connectivity index (χ1) is 8.15. The van der Waals surface area contributed by atoms with E-state index in [1.165, 1.54) is 6.07 Å². The first-order valence-electron chi connectivity index (χ1n) is 5.58. The molecule has 1 atom stereocenters. The normalized spacial score (nSPS) is 18.5. The Balaban J connectivity index is 1.88. The van der Waals surface area contributed by atoms with Gasteiger partial charge in [0, 0.05) is 12.5 Å². The molecule has 0 spiro atoms. The molecule has 0 aliphatic carbocycles. The van der Waals surface area contributed by atoms with Crippen molar-refractivity contribution in [1.29, 1.82) is 0 Å². The molecule has 1 heterocycles. The molecular formula is C12H15ClFNO2. The van der Waals surface area contributed by atoms with Crippen LogP contribution in [0, 0.1) is 5.82 Å². The number of ether oxygens (including phenoxy) is 2. The van der Waals surface area contributed by atoms with Gasteiger partial charge in [0.2, 0.25) is 0 Å². The summed E-state index contributed by atoms with van der Waals surface area (Å²) < 4.78 is 23.6. The van der Waals surface area contributed by atoms with Gasteiger partial charge in [0.05, 0.1) is 18.2 Å². The molecule has 2 rings (SSSR count). The largest absolute Gasteiger partial charge is 0.350 e. The summed E-state index contributed by atoms with van der Waals surface area (Å²) >= 11 is 5.70. The fourth-order valence-corrected chi connectivity index (χ4v) is 2.05. The maximum absolute atomic E-state index is 13.0. The topological polar surface area (TPSA) is 44.5 Å². The Kier molecular flexibility index (Phi) is 4.34. The van der Waals surface area contributed by atoms with E-state index in [-0.39, 0.29) is 17.4 Å². The molecule has 0 radical (unpaired) electrons. The zero-order valence-electron chi connectivity index (χ0n) is 9.36. The summed E-state index contributed by atoms with van der Waals surface area (Å²) in [5.74, 6) is -0.411. The lowest BCUT2D eigenvalue weighted by atomic mass is 10.0. The van der Waals surface area contributed by atoms with Gasteiger partial charge in [-0.05, 0) is 24.1 Å². The van der Waals surface area contributed by atoms with Crippen LogP contribution in [0.1, 0.15) is 12.0 Å². The Morgan fingerprint density at radius 2 is 2.12 bits per heavy atom. The van der Waals surface area contributed by atoms with Gasteiger partial charge in [-0.1, -0.05) is 17.7 Å². The average Bonchev–Trinajstić information content (AvgIpc) is 2.76. The van der Waals surface area contributed by atoms with Crippen LogP contribution >= 0.6 is 11.6 Å². The molecule has 3 nitrogen and oxygen atoms in total. The van der Waals surface area contributed by atoms with Gasteiger partial charge >= 0.3 is 0 Å². The zero-order valence-corrected chi connectivity index (χ0v) is 10.1. The van der Waals surface area contributed by atoms with E-state index in [1.807, 2.05) is 0 Å². The van der Waals surface area contributed by atoms with E-state index < -0.39 is 5.82 Å². The molecule has 1 aliphatic heterocycles. The van der Waals surface area contributed by atoms with Crippen LogP contribution in [-0.2, 0) is 15.9 Å². The number of hydrogen-bond donors (Lipinski definition) is 1. The minimum atomic E-state index is -0.411. The Hall–Kier alpha value is -0.680. The number of nitrogens with two attached hydrogens (primary N) is 1. The second-order valence-electron chi connectivity index (χ2n) is 4.12. The van der Waals surface area contributed by atoms with Crippen molar-refractivity contribution in [2.75, 3.05) is 13.2 Å². The van der Waals surface area contributed by atoms with Crippen LogP contribution in [0.3, 0.4) is 0 Å². The molecule has 0 aromatic heterocycles. The molecule has 0 bridgehead atoms. The fraction of sp³-hybridized carbons (Fsp3) is 0.500. The van der Waals surface area contributed by atoms with Crippen LogP contribution in [0.5, 0.6) is 0 Å². The summed E-state index contributed by atoms with van der Waals surface area (Å²) in [5, 5.41) is 0.128. The third-order valence-corrected chi connectivity index (χ3v) is 2.96. The summed E-state index contributed by atoms with van der Waals surface area (Å²) in [7, 11) is 0.